The van der Waals surface area contributed by atoms with Crippen molar-refractivity contribution in [1.29, 1.82) is 0 Å². The molecule has 2 heterocycles. The molecule has 4 nitrogen and oxygen atoms in total. The predicted molar refractivity (Wildman–Crippen MR) is 83.4 cm³/mol. The molecule has 0 spiro atoms. The second-order valence-electron chi connectivity index (χ2n) is 5.19. The summed E-state index contributed by atoms with van der Waals surface area (Å²) in [5, 5.41) is 6.87. The number of hydrogen-bond acceptors (Lipinski definition) is 4. The zero-order valence-electron chi connectivity index (χ0n) is 11.1. The van der Waals surface area contributed by atoms with Crippen molar-refractivity contribution in [3.63, 3.8) is 0 Å². The molecule has 0 bridgehead atoms. The fraction of sp³-hybridized carbons (Fsp3) is 0.429. The van der Waals surface area contributed by atoms with Gasteiger partial charge in [-0.2, -0.15) is 0 Å². The number of aromatic nitrogens is 1. The lowest BCUT2D eigenvalue weighted by Gasteiger charge is -2.27. The van der Waals surface area contributed by atoms with Crippen LogP contribution in [0.3, 0.4) is 0 Å². The molecule has 2 unspecified atom stereocenters. The Balaban J connectivity index is 1.83. The van der Waals surface area contributed by atoms with Gasteiger partial charge in [-0.1, -0.05) is 11.6 Å². The maximum atomic E-state index is 12.4. The zero-order chi connectivity index (χ0) is 14.1. The van der Waals surface area contributed by atoms with Gasteiger partial charge >= 0.3 is 0 Å². The lowest BCUT2D eigenvalue weighted by molar-refractivity contribution is -0.120. The van der Waals surface area contributed by atoms with E-state index in [1.54, 1.807) is 16.8 Å². The SMILES string of the molecule is CC1CC(C(=O)Nc2c(Cl)ccc3scnc23)CCN1. The summed E-state index contributed by atoms with van der Waals surface area (Å²) in [6.45, 7) is 2.99. The third-order valence-corrected chi connectivity index (χ3v) is 4.80. The number of hydrogen-bond donors (Lipinski definition) is 2. The Bertz CT molecular complexity index is 642. The van der Waals surface area contributed by atoms with Crippen LogP contribution in [0.15, 0.2) is 17.6 Å². The van der Waals surface area contributed by atoms with Crippen molar-refractivity contribution >= 4 is 44.7 Å². The van der Waals surface area contributed by atoms with Crippen LogP contribution in [0.2, 0.25) is 5.02 Å². The summed E-state index contributed by atoms with van der Waals surface area (Å²) in [4.78, 5) is 16.7. The normalized spacial score (nSPS) is 22.9. The molecule has 0 radical (unpaired) electrons. The first-order valence-corrected chi connectivity index (χ1v) is 7.97. The van der Waals surface area contributed by atoms with Crippen LogP contribution in [0.4, 0.5) is 5.69 Å². The smallest absolute Gasteiger partial charge is 0.227 e. The maximum Gasteiger partial charge on any atom is 0.227 e. The summed E-state index contributed by atoms with van der Waals surface area (Å²) in [6.07, 6.45) is 1.72. The highest BCUT2D eigenvalue weighted by atomic mass is 35.5. The van der Waals surface area contributed by atoms with Gasteiger partial charge in [0.05, 0.1) is 20.9 Å². The summed E-state index contributed by atoms with van der Waals surface area (Å²) in [7, 11) is 0. The number of nitrogens with zero attached hydrogens (tertiary/aromatic N) is 1. The van der Waals surface area contributed by atoms with Crippen molar-refractivity contribution in [3.8, 4) is 0 Å². The molecule has 2 N–H and O–H groups in total. The Labute approximate surface area is 126 Å². The highest BCUT2D eigenvalue weighted by Crippen LogP contribution is 2.33. The Kier molecular flexibility index (Phi) is 3.92. The van der Waals surface area contributed by atoms with E-state index < -0.39 is 0 Å². The van der Waals surface area contributed by atoms with Crippen molar-refractivity contribution in [1.82, 2.24) is 10.3 Å². The number of carbonyl (C=O) groups is 1. The summed E-state index contributed by atoms with van der Waals surface area (Å²) in [5.74, 6) is 0.0805. The van der Waals surface area contributed by atoms with Crippen molar-refractivity contribution in [2.75, 3.05) is 11.9 Å². The second kappa shape index (κ2) is 5.68. The molecule has 1 saturated heterocycles. The quantitative estimate of drug-likeness (QED) is 0.895. The Hall–Kier alpha value is -1.17. The van der Waals surface area contributed by atoms with Gasteiger partial charge in [-0.25, -0.2) is 4.98 Å². The fourth-order valence-corrected chi connectivity index (χ4v) is 3.51. The molecule has 3 rings (SSSR count). The molecule has 6 heteroatoms. The van der Waals surface area contributed by atoms with Gasteiger partial charge in [0.2, 0.25) is 5.91 Å². The van der Waals surface area contributed by atoms with E-state index in [4.69, 9.17) is 11.6 Å². The van der Waals surface area contributed by atoms with Gasteiger partial charge in [0.1, 0.15) is 5.52 Å². The second-order valence-corrected chi connectivity index (χ2v) is 6.48. The molecule has 0 aliphatic carbocycles. The Morgan fingerprint density at radius 1 is 1.55 bits per heavy atom. The number of halogens is 1. The topological polar surface area (TPSA) is 54.0 Å². The lowest BCUT2D eigenvalue weighted by atomic mass is 9.92. The standard InChI is InChI=1S/C14H16ClN3OS/c1-8-6-9(4-5-16-8)14(19)18-12-10(15)2-3-11-13(12)17-7-20-11/h2-3,7-9,16H,4-6H2,1H3,(H,18,19). The molecule has 2 aromatic rings. The molecule has 1 fully saturated rings. The van der Waals surface area contributed by atoms with Crippen molar-refractivity contribution in [2.24, 2.45) is 5.92 Å². The number of nitrogens with one attached hydrogen (secondary N) is 2. The van der Waals surface area contributed by atoms with E-state index in [1.165, 1.54) is 0 Å². The zero-order valence-corrected chi connectivity index (χ0v) is 12.7. The van der Waals surface area contributed by atoms with Gasteiger partial charge in [0, 0.05) is 12.0 Å². The van der Waals surface area contributed by atoms with Crippen LogP contribution in [0, 0.1) is 5.92 Å². The van der Waals surface area contributed by atoms with E-state index in [2.05, 4.69) is 22.5 Å². The number of rotatable bonds is 2. The van der Waals surface area contributed by atoms with Crippen LogP contribution in [0.1, 0.15) is 19.8 Å². The third kappa shape index (κ3) is 2.66. The van der Waals surface area contributed by atoms with E-state index in [-0.39, 0.29) is 11.8 Å². The highest BCUT2D eigenvalue weighted by molar-refractivity contribution is 7.16. The van der Waals surface area contributed by atoms with E-state index in [1.807, 2.05) is 12.1 Å². The van der Waals surface area contributed by atoms with Gasteiger partial charge in [-0.3, -0.25) is 4.79 Å². The summed E-state index contributed by atoms with van der Waals surface area (Å²) in [6, 6.07) is 4.12. The number of piperidine rings is 1. The van der Waals surface area contributed by atoms with Crippen LogP contribution < -0.4 is 10.6 Å². The molecule has 1 amide bonds. The largest absolute Gasteiger partial charge is 0.323 e. The average Bonchev–Trinajstić information content (AvgIpc) is 2.90. The van der Waals surface area contributed by atoms with Gasteiger partial charge in [-0.15, -0.1) is 11.3 Å². The third-order valence-electron chi connectivity index (χ3n) is 3.69. The Morgan fingerprint density at radius 3 is 3.20 bits per heavy atom. The van der Waals surface area contributed by atoms with Gasteiger partial charge in [-0.05, 0) is 38.4 Å². The van der Waals surface area contributed by atoms with E-state index in [0.717, 1.165) is 29.6 Å². The van der Waals surface area contributed by atoms with Crippen molar-refractivity contribution in [2.45, 2.75) is 25.8 Å². The van der Waals surface area contributed by atoms with E-state index in [0.29, 0.717) is 16.8 Å². The maximum absolute atomic E-state index is 12.4. The highest BCUT2D eigenvalue weighted by Gasteiger charge is 2.25. The van der Waals surface area contributed by atoms with Crippen molar-refractivity contribution < 1.29 is 4.79 Å². The van der Waals surface area contributed by atoms with Crippen LogP contribution in [0.25, 0.3) is 10.2 Å². The minimum absolute atomic E-state index is 0.0382. The number of benzene rings is 1. The van der Waals surface area contributed by atoms with E-state index in [9.17, 15) is 4.79 Å². The first-order valence-electron chi connectivity index (χ1n) is 6.71. The van der Waals surface area contributed by atoms with Gasteiger partial charge in [0.25, 0.3) is 0 Å². The summed E-state index contributed by atoms with van der Waals surface area (Å²) >= 11 is 7.75. The summed E-state index contributed by atoms with van der Waals surface area (Å²) < 4.78 is 1.03. The Morgan fingerprint density at radius 2 is 2.40 bits per heavy atom. The molecule has 1 aliphatic heterocycles. The van der Waals surface area contributed by atoms with Crippen LogP contribution in [-0.4, -0.2) is 23.5 Å². The monoisotopic (exact) mass is 309 g/mol. The number of anilines is 1. The molecule has 20 heavy (non-hydrogen) atoms. The molecule has 2 atom stereocenters. The van der Waals surface area contributed by atoms with Crippen LogP contribution >= 0.6 is 22.9 Å². The van der Waals surface area contributed by atoms with Crippen molar-refractivity contribution in [3.05, 3.63) is 22.7 Å². The predicted octanol–water partition coefficient (Wildman–Crippen LogP) is 3.28. The lowest BCUT2D eigenvalue weighted by Crippen LogP contribution is -2.40. The average molecular weight is 310 g/mol. The number of carbonyl (C=O) groups excluding carboxylic acids is 1. The number of thiazole rings is 1. The molecule has 1 aromatic heterocycles. The van der Waals surface area contributed by atoms with E-state index >= 15 is 0 Å². The van der Waals surface area contributed by atoms with Crippen LogP contribution in [-0.2, 0) is 4.79 Å². The van der Waals surface area contributed by atoms with Gasteiger partial charge in [0.15, 0.2) is 0 Å². The number of amides is 1. The van der Waals surface area contributed by atoms with Crippen LogP contribution in [0.5, 0.6) is 0 Å². The van der Waals surface area contributed by atoms with Gasteiger partial charge < -0.3 is 10.6 Å². The fourth-order valence-electron chi connectivity index (χ4n) is 2.62. The molecular weight excluding hydrogens is 294 g/mol. The minimum atomic E-state index is 0.0382. The molecular formula is C14H16ClN3OS. The first-order chi connectivity index (χ1) is 9.65. The molecule has 1 aliphatic rings. The molecule has 106 valence electrons. The molecule has 0 saturated carbocycles. The molecule has 1 aromatic carbocycles. The minimum Gasteiger partial charge on any atom is -0.323 e. The first kappa shape index (κ1) is 13.8. The number of fused-ring (bicyclic) bond motifs is 1. The summed E-state index contributed by atoms with van der Waals surface area (Å²) in [5.41, 5.74) is 3.18.